The molecule has 0 aliphatic rings. The number of aromatic nitrogens is 4. The van der Waals surface area contributed by atoms with Crippen LogP contribution in [0.25, 0.3) is 22.2 Å². The highest BCUT2D eigenvalue weighted by molar-refractivity contribution is 6.41. The number of carbonyl (C=O) groups is 1. The Labute approximate surface area is 238 Å². The number of anilines is 2. The highest BCUT2D eigenvalue weighted by Gasteiger charge is 2.23. The molecule has 0 radical (unpaired) electrons. The minimum atomic E-state index is -1.01. The third kappa shape index (κ3) is 6.10. The number of pyridine rings is 2. The molecule has 1 aromatic carbocycles. The van der Waals surface area contributed by atoms with Gasteiger partial charge in [-0.1, -0.05) is 23.2 Å². The van der Waals surface area contributed by atoms with E-state index in [4.69, 9.17) is 37.8 Å². The molecule has 0 saturated heterocycles. The summed E-state index contributed by atoms with van der Waals surface area (Å²) in [6.45, 7) is -0.263. The van der Waals surface area contributed by atoms with Crippen molar-refractivity contribution in [3.8, 4) is 22.6 Å². The predicted molar refractivity (Wildman–Crippen MR) is 152 cm³/mol. The largest absolute Gasteiger partial charge is 0.495 e. The third-order valence-electron chi connectivity index (χ3n) is 6.02. The number of fused-ring (bicyclic) bond motifs is 1. The summed E-state index contributed by atoms with van der Waals surface area (Å²) in [7, 11) is 2.88. The molecule has 14 heteroatoms. The molecule has 4 aromatic rings. The van der Waals surface area contributed by atoms with Gasteiger partial charge in [-0.05, 0) is 18.2 Å². The second-order valence-corrected chi connectivity index (χ2v) is 9.30. The van der Waals surface area contributed by atoms with Crippen molar-refractivity contribution in [1.82, 2.24) is 19.5 Å². The molecule has 4 N–H and O–H groups in total. The van der Waals surface area contributed by atoms with Gasteiger partial charge in [0.25, 0.3) is 5.56 Å². The van der Waals surface area contributed by atoms with Crippen LogP contribution in [-0.2, 0) is 17.8 Å². The molecule has 0 aliphatic heterocycles. The van der Waals surface area contributed by atoms with Gasteiger partial charge in [-0.15, -0.1) is 0 Å². The molecule has 0 fully saturated rings. The van der Waals surface area contributed by atoms with Crippen LogP contribution < -0.4 is 25.7 Å². The average Bonchev–Trinajstić information content (AvgIpc) is 2.97. The molecule has 1 unspecified atom stereocenters. The number of hydrogen-bond acceptors (Lipinski definition) is 10. The molecular weight excluding hydrogens is 563 g/mol. The average molecular weight is 589 g/mol. The molecule has 1 atom stereocenters. The number of benzene rings is 1. The fraction of sp³-hybridized carbons (Fsp3) is 0.269. The maximum atomic E-state index is 14.0. The van der Waals surface area contributed by atoms with E-state index in [0.29, 0.717) is 35.2 Å². The van der Waals surface area contributed by atoms with Crippen molar-refractivity contribution in [2.75, 3.05) is 38.0 Å². The van der Waals surface area contributed by atoms with Crippen LogP contribution >= 0.6 is 23.2 Å². The first-order chi connectivity index (χ1) is 19.3. The zero-order chi connectivity index (χ0) is 28.8. The van der Waals surface area contributed by atoms with Crippen molar-refractivity contribution >= 4 is 52.3 Å². The van der Waals surface area contributed by atoms with Gasteiger partial charge in [0.15, 0.2) is 0 Å². The highest BCUT2D eigenvalue weighted by Crippen LogP contribution is 2.45. The number of amides is 1. The Morgan fingerprint density at radius 2 is 1.82 bits per heavy atom. The second kappa shape index (κ2) is 12.9. The quantitative estimate of drug-likeness (QED) is 0.181. The lowest BCUT2D eigenvalue weighted by Gasteiger charge is -2.17. The minimum absolute atomic E-state index is 0.00420. The van der Waals surface area contributed by atoms with Crippen molar-refractivity contribution in [2.24, 2.45) is 0 Å². The highest BCUT2D eigenvalue weighted by atomic mass is 35.5. The maximum absolute atomic E-state index is 14.0. The van der Waals surface area contributed by atoms with Gasteiger partial charge in [0.1, 0.15) is 17.1 Å². The normalized spacial score (nSPS) is 11.8. The van der Waals surface area contributed by atoms with Gasteiger partial charge < -0.3 is 30.3 Å². The van der Waals surface area contributed by atoms with Crippen LogP contribution in [0.1, 0.15) is 5.69 Å². The summed E-state index contributed by atoms with van der Waals surface area (Å²) in [6.07, 6.45) is 2.92. The smallest absolute Gasteiger partial charge is 0.260 e. The number of carbonyl (C=O) groups excluding carboxylic acids is 1. The van der Waals surface area contributed by atoms with Crippen molar-refractivity contribution in [1.29, 1.82) is 0 Å². The number of hydrogen-bond donors (Lipinski definition) is 4. The summed E-state index contributed by atoms with van der Waals surface area (Å²) in [5, 5.41) is 25.0. The van der Waals surface area contributed by atoms with Crippen LogP contribution in [0.5, 0.6) is 11.5 Å². The summed E-state index contributed by atoms with van der Waals surface area (Å²) < 4.78 is 12.2. The Bertz CT molecular complexity index is 1550. The topological polar surface area (TPSA) is 161 Å². The second-order valence-electron chi connectivity index (χ2n) is 8.54. The van der Waals surface area contributed by atoms with E-state index in [1.165, 1.54) is 37.2 Å². The van der Waals surface area contributed by atoms with Crippen LogP contribution in [0.2, 0.25) is 10.0 Å². The number of methoxy groups -OCH3 is 2. The number of halogens is 2. The molecule has 3 heterocycles. The van der Waals surface area contributed by atoms with Gasteiger partial charge >= 0.3 is 0 Å². The maximum Gasteiger partial charge on any atom is 0.260 e. The molecule has 0 saturated carbocycles. The van der Waals surface area contributed by atoms with Gasteiger partial charge in [0, 0.05) is 48.4 Å². The minimum Gasteiger partial charge on any atom is -0.495 e. The van der Waals surface area contributed by atoms with E-state index >= 15 is 0 Å². The lowest BCUT2D eigenvalue weighted by molar-refractivity contribution is -0.105. The van der Waals surface area contributed by atoms with Gasteiger partial charge in [-0.3, -0.25) is 19.1 Å². The molecular formula is C26H26Cl2N6O6. The van der Waals surface area contributed by atoms with Crippen LogP contribution in [0.4, 0.5) is 11.6 Å². The fourth-order valence-corrected chi connectivity index (χ4v) is 4.68. The lowest BCUT2D eigenvalue weighted by Crippen LogP contribution is -2.26. The first-order valence-corrected chi connectivity index (χ1v) is 12.8. The number of aliphatic hydroxyl groups excluding tert-OH is 2. The predicted octanol–water partition coefficient (Wildman–Crippen LogP) is 2.75. The van der Waals surface area contributed by atoms with Crippen molar-refractivity contribution in [3.05, 3.63) is 62.8 Å². The Balaban J connectivity index is 1.86. The summed E-state index contributed by atoms with van der Waals surface area (Å²) in [6, 6.07) is 6.56. The number of aliphatic hydroxyl groups is 2. The Morgan fingerprint density at radius 1 is 1.10 bits per heavy atom. The number of rotatable bonds is 12. The monoisotopic (exact) mass is 588 g/mol. The zero-order valence-corrected chi connectivity index (χ0v) is 23.0. The molecule has 0 spiro atoms. The molecule has 40 heavy (non-hydrogen) atoms. The SMILES string of the molecule is COc1cc(OC)c(Cl)c(-c2cc3cnc(NCC(O)CO)nc3n(CCc3ccc(NC=O)cn3)c2=O)c1Cl. The Kier molecular flexibility index (Phi) is 9.38. The zero-order valence-electron chi connectivity index (χ0n) is 21.5. The summed E-state index contributed by atoms with van der Waals surface area (Å²) in [4.78, 5) is 37.8. The van der Waals surface area contributed by atoms with Crippen molar-refractivity contribution in [2.45, 2.75) is 19.1 Å². The number of nitrogens with zero attached hydrogens (tertiary/aromatic N) is 4. The van der Waals surface area contributed by atoms with Gasteiger partial charge in [-0.25, -0.2) is 4.98 Å². The number of nitrogens with one attached hydrogen (secondary N) is 2. The molecule has 3 aromatic heterocycles. The van der Waals surface area contributed by atoms with Crippen LogP contribution in [-0.4, -0.2) is 69.6 Å². The first kappa shape index (κ1) is 29.0. The van der Waals surface area contributed by atoms with E-state index in [-0.39, 0.29) is 51.7 Å². The first-order valence-electron chi connectivity index (χ1n) is 12.0. The molecule has 12 nitrogen and oxygen atoms in total. The number of ether oxygens (including phenoxy) is 2. The number of aryl methyl sites for hydroxylation is 2. The molecule has 0 aliphatic carbocycles. The molecule has 4 rings (SSSR count). The van der Waals surface area contributed by atoms with E-state index in [2.05, 4.69) is 25.6 Å². The molecule has 1 amide bonds. The van der Waals surface area contributed by atoms with Crippen LogP contribution in [0.15, 0.2) is 41.5 Å². The van der Waals surface area contributed by atoms with Crippen LogP contribution in [0, 0.1) is 0 Å². The van der Waals surface area contributed by atoms with E-state index in [1.54, 1.807) is 18.2 Å². The van der Waals surface area contributed by atoms with Crippen molar-refractivity contribution < 1.29 is 24.5 Å². The summed E-state index contributed by atoms with van der Waals surface area (Å²) in [5.74, 6) is 0.702. The van der Waals surface area contributed by atoms with Crippen molar-refractivity contribution in [3.63, 3.8) is 0 Å². The summed E-state index contributed by atoms with van der Waals surface area (Å²) in [5.41, 5.74) is 1.48. The standard InChI is InChI=1S/C26H26Cl2N6O6/c1-39-19-8-20(40-2)23(28)21(22(19)27)18-7-14-9-30-26(31-11-17(37)12-35)33-24(14)34(25(18)38)6-5-15-3-4-16(10-29-15)32-13-36/h3-4,7-10,13,17,35,37H,5-6,11-12H2,1-2H3,(H,32,36)(H,30,31,33). The third-order valence-corrected chi connectivity index (χ3v) is 6.77. The Morgan fingerprint density at radius 3 is 2.42 bits per heavy atom. The van der Waals surface area contributed by atoms with E-state index in [0.717, 1.165) is 0 Å². The van der Waals surface area contributed by atoms with Crippen LogP contribution in [0.3, 0.4) is 0 Å². The van der Waals surface area contributed by atoms with Gasteiger partial charge in [0.2, 0.25) is 12.4 Å². The lowest BCUT2D eigenvalue weighted by atomic mass is 10.0. The van der Waals surface area contributed by atoms with E-state index in [9.17, 15) is 14.7 Å². The van der Waals surface area contributed by atoms with E-state index < -0.39 is 18.3 Å². The van der Waals surface area contributed by atoms with Gasteiger partial charge in [0.05, 0.1) is 54.4 Å². The molecule has 0 bridgehead atoms. The molecule has 210 valence electrons. The summed E-state index contributed by atoms with van der Waals surface area (Å²) >= 11 is 13.3. The van der Waals surface area contributed by atoms with E-state index in [1.807, 2.05) is 0 Å². The van der Waals surface area contributed by atoms with Gasteiger partial charge in [-0.2, -0.15) is 4.98 Å². The fourth-order valence-electron chi connectivity index (χ4n) is 3.98. The Hall–Kier alpha value is -3.97.